The molecule has 0 aliphatic heterocycles. The molecule has 2 heterocycles. The van der Waals surface area contributed by atoms with Crippen LogP contribution in [0, 0.1) is 19.8 Å². The average Bonchev–Trinajstić information content (AvgIpc) is 2.85. The Kier molecular flexibility index (Phi) is 10.5. The van der Waals surface area contributed by atoms with E-state index in [2.05, 4.69) is 55.8 Å². The van der Waals surface area contributed by atoms with Gasteiger partial charge in [0.25, 0.3) is 5.56 Å². The fourth-order valence-electron chi connectivity index (χ4n) is 5.26. The van der Waals surface area contributed by atoms with Crippen molar-refractivity contribution in [1.82, 2.24) is 14.5 Å². The average molecular weight is 530 g/mol. The van der Waals surface area contributed by atoms with E-state index in [1.54, 1.807) is 30.0 Å². The zero-order valence-corrected chi connectivity index (χ0v) is 24.5. The molecule has 0 spiro atoms. The van der Waals surface area contributed by atoms with E-state index >= 15 is 0 Å². The summed E-state index contributed by atoms with van der Waals surface area (Å²) < 4.78 is 1.58. The van der Waals surface area contributed by atoms with Crippen molar-refractivity contribution in [3.05, 3.63) is 87.6 Å². The highest BCUT2D eigenvalue weighted by molar-refractivity contribution is 5.85. The largest absolute Gasteiger partial charge is 0.309 e. The molecule has 0 aliphatic carbocycles. The van der Waals surface area contributed by atoms with Crippen LogP contribution in [0.4, 0.5) is 0 Å². The van der Waals surface area contributed by atoms with E-state index in [1.807, 2.05) is 32.4 Å². The van der Waals surface area contributed by atoms with Crippen molar-refractivity contribution in [3.8, 4) is 11.1 Å². The maximum atomic E-state index is 13.9. The van der Waals surface area contributed by atoms with Crippen molar-refractivity contribution in [2.75, 3.05) is 20.6 Å². The first-order chi connectivity index (χ1) is 18.5. The number of pyridine rings is 2. The number of Topliss-reactive ketones (excluding diaryl/α,β-unsaturated/α-hetero) is 2. The standard InChI is InChI=1S/C33H43N3O3/c1-22(2)15-30(36-14-12-26(17-32(36)39)11-13-35(6)7)31(38)19-27(16-25(5)37)28-18-29(21-34-20-28)33-23(3)9-8-10-24(33)4/h8-10,12,14,17-18,20-22,27,30H,11,13,15-16,19H2,1-7H3/t27-,30?/m1/s1. The van der Waals surface area contributed by atoms with E-state index < -0.39 is 6.04 Å². The normalized spacial score (nSPS) is 13.1. The van der Waals surface area contributed by atoms with Crippen molar-refractivity contribution in [2.24, 2.45) is 5.92 Å². The van der Waals surface area contributed by atoms with E-state index in [0.717, 1.165) is 46.3 Å². The lowest BCUT2D eigenvalue weighted by Crippen LogP contribution is -2.31. The van der Waals surface area contributed by atoms with E-state index in [0.29, 0.717) is 6.42 Å². The van der Waals surface area contributed by atoms with Gasteiger partial charge in [0.2, 0.25) is 0 Å². The first-order valence-electron chi connectivity index (χ1n) is 13.9. The molecular formula is C33H43N3O3. The Morgan fingerprint density at radius 1 is 1.00 bits per heavy atom. The minimum Gasteiger partial charge on any atom is -0.309 e. The van der Waals surface area contributed by atoms with Crippen LogP contribution >= 0.6 is 0 Å². The highest BCUT2D eigenvalue weighted by Crippen LogP contribution is 2.33. The summed E-state index contributed by atoms with van der Waals surface area (Å²) in [5.41, 5.74) is 6.08. The van der Waals surface area contributed by atoms with Gasteiger partial charge < -0.3 is 14.3 Å². The van der Waals surface area contributed by atoms with Crippen LogP contribution in [-0.2, 0) is 16.0 Å². The molecule has 6 nitrogen and oxygen atoms in total. The second kappa shape index (κ2) is 13.6. The molecular weight excluding hydrogens is 486 g/mol. The summed E-state index contributed by atoms with van der Waals surface area (Å²) in [6.45, 7) is 10.7. The van der Waals surface area contributed by atoms with Crippen molar-refractivity contribution < 1.29 is 9.59 Å². The molecule has 0 saturated heterocycles. The minimum absolute atomic E-state index is 0.0214. The Labute approximate surface area is 233 Å². The van der Waals surface area contributed by atoms with Crippen molar-refractivity contribution in [1.29, 1.82) is 0 Å². The third-order valence-corrected chi connectivity index (χ3v) is 7.24. The summed E-state index contributed by atoms with van der Waals surface area (Å²) in [4.78, 5) is 45.9. The Hall–Kier alpha value is -3.38. The predicted molar refractivity (Wildman–Crippen MR) is 158 cm³/mol. The molecule has 39 heavy (non-hydrogen) atoms. The zero-order valence-electron chi connectivity index (χ0n) is 24.5. The highest BCUT2D eigenvalue weighted by atomic mass is 16.1. The molecule has 0 saturated carbocycles. The molecule has 0 fully saturated rings. The summed E-state index contributed by atoms with van der Waals surface area (Å²) in [5.74, 6) is -0.0975. The molecule has 1 aromatic carbocycles. The molecule has 0 aliphatic rings. The minimum atomic E-state index is -0.579. The summed E-state index contributed by atoms with van der Waals surface area (Å²) in [5, 5.41) is 0. The maximum absolute atomic E-state index is 13.9. The molecule has 0 bridgehead atoms. The molecule has 208 valence electrons. The van der Waals surface area contributed by atoms with Crippen LogP contribution < -0.4 is 5.56 Å². The molecule has 3 rings (SSSR count). The van der Waals surface area contributed by atoms with Crippen LogP contribution in [0.15, 0.2) is 59.8 Å². The summed E-state index contributed by atoms with van der Waals surface area (Å²) in [6, 6.07) is 11.3. The van der Waals surface area contributed by atoms with Crippen LogP contribution in [0.5, 0.6) is 0 Å². The Bertz CT molecular complexity index is 1340. The van der Waals surface area contributed by atoms with Gasteiger partial charge in [-0.05, 0) is 99.5 Å². The van der Waals surface area contributed by atoms with Crippen LogP contribution in [-0.4, -0.2) is 46.7 Å². The van der Waals surface area contributed by atoms with E-state index in [9.17, 15) is 14.4 Å². The molecule has 0 radical (unpaired) electrons. The number of rotatable bonds is 13. The highest BCUT2D eigenvalue weighted by Gasteiger charge is 2.27. The maximum Gasteiger partial charge on any atom is 0.251 e. The van der Waals surface area contributed by atoms with E-state index in [4.69, 9.17) is 0 Å². The monoisotopic (exact) mass is 529 g/mol. The van der Waals surface area contributed by atoms with Gasteiger partial charge in [-0.1, -0.05) is 32.0 Å². The lowest BCUT2D eigenvalue weighted by molar-refractivity contribution is -0.123. The van der Waals surface area contributed by atoms with Crippen LogP contribution in [0.25, 0.3) is 11.1 Å². The van der Waals surface area contributed by atoms with Crippen molar-refractivity contribution in [3.63, 3.8) is 0 Å². The molecule has 0 amide bonds. The summed E-state index contributed by atoms with van der Waals surface area (Å²) >= 11 is 0. The van der Waals surface area contributed by atoms with Gasteiger partial charge in [0.1, 0.15) is 5.78 Å². The molecule has 2 aromatic heterocycles. The quantitative estimate of drug-likeness (QED) is 0.274. The first kappa shape index (κ1) is 30.2. The van der Waals surface area contributed by atoms with Crippen LogP contribution in [0.3, 0.4) is 0 Å². The number of aryl methyl sites for hydroxylation is 2. The second-order valence-electron chi connectivity index (χ2n) is 11.5. The van der Waals surface area contributed by atoms with Gasteiger partial charge in [-0.2, -0.15) is 0 Å². The van der Waals surface area contributed by atoms with Crippen LogP contribution in [0.1, 0.15) is 74.2 Å². The van der Waals surface area contributed by atoms with Gasteiger partial charge in [-0.3, -0.25) is 14.6 Å². The van der Waals surface area contributed by atoms with Crippen molar-refractivity contribution >= 4 is 11.6 Å². The van der Waals surface area contributed by atoms with Gasteiger partial charge >= 0.3 is 0 Å². The molecule has 1 unspecified atom stereocenters. The van der Waals surface area contributed by atoms with Gasteiger partial charge in [-0.25, -0.2) is 0 Å². The number of ketones is 2. The summed E-state index contributed by atoms with van der Waals surface area (Å²) in [7, 11) is 4.01. The number of aromatic nitrogens is 2. The lowest BCUT2D eigenvalue weighted by Gasteiger charge is -2.24. The number of likely N-dealkylation sites (N-methyl/N-ethyl adjacent to an activating group) is 1. The first-order valence-corrected chi connectivity index (χ1v) is 13.9. The Balaban J connectivity index is 1.94. The fourth-order valence-corrected chi connectivity index (χ4v) is 5.26. The van der Waals surface area contributed by atoms with Gasteiger partial charge in [0.15, 0.2) is 5.78 Å². The SMILES string of the molecule is CC(=O)C[C@H](CC(=O)C(CC(C)C)n1ccc(CCN(C)C)cc1=O)c1cncc(-c2c(C)cccc2C)c1. The third-order valence-electron chi connectivity index (χ3n) is 7.24. The van der Waals surface area contributed by atoms with Gasteiger partial charge in [0.05, 0.1) is 6.04 Å². The predicted octanol–water partition coefficient (Wildman–Crippen LogP) is 5.94. The number of hydrogen-bond acceptors (Lipinski definition) is 5. The number of benzene rings is 1. The van der Waals surface area contributed by atoms with Crippen LogP contribution in [0.2, 0.25) is 0 Å². The molecule has 6 heteroatoms. The number of nitrogens with zero attached hydrogens (tertiary/aromatic N) is 3. The topological polar surface area (TPSA) is 72.3 Å². The molecule has 0 N–H and O–H groups in total. The lowest BCUT2D eigenvalue weighted by atomic mass is 9.85. The van der Waals surface area contributed by atoms with Gasteiger partial charge in [0, 0.05) is 49.6 Å². The molecule has 3 aromatic rings. The second-order valence-corrected chi connectivity index (χ2v) is 11.5. The van der Waals surface area contributed by atoms with Gasteiger partial charge in [-0.15, -0.1) is 0 Å². The van der Waals surface area contributed by atoms with Crippen molar-refractivity contribution in [2.45, 2.75) is 72.3 Å². The zero-order chi connectivity index (χ0) is 28.7. The smallest absolute Gasteiger partial charge is 0.251 e. The number of carbonyl (C=O) groups excluding carboxylic acids is 2. The molecule has 2 atom stereocenters. The summed E-state index contributed by atoms with van der Waals surface area (Å²) in [6.07, 6.45) is 7.12. The van der Waals surface area contributed by atoms with E-state index in [1.165, 1.54) is 0 Å². The number of hydrogen-bond donors (Lipinski definition) is 0. The van der Waals surface area contributed by atoms with E-state index in [-0.39, 0.29) is 41.8 Å². The Morgan fingerprint density at radius 3 is 2.28 bits per heavy atom. The fraction of sp³-hybridized carbons (Fsp3) is 0.455. The Morgan fingerprint density at radius 2 is 1.69 bits per heavy atom. The third kappa shape index (κ3) is 8.30. The number of carbonyl (C=O) groups is 2.